The first-order chi connectivity index (χ1) is 10.1. The zero-order valence-electron chi connectivity index (χ0n) is 12.3. The Hall–Kier alpha value is -1.57. The highest BCUT2D eigenvalue weighted by atomic mass is 32.2. The van der Waals surface area contributed by atoms with Crippen molar-refractivity contribution in [3.8, 4) is 0 Å². The first-order valence-electron chi connectivity index (χ1n) is 6.60. The summed E-state index contributed by atoms with van der Waals surface area (Å²) >= 11 is 0. The lowest BCUT2D eigenvalue weighted by Gasteiger charge is -2.26. The number of halogens is 3. The molecule has 0 N–H and O–H groups in total. The van der Waals surface area contributed by atoms with Gasteiger partial charge < -0.3 is 4.74 Å². The van der Waals surface area contributed by atoms with E-state index in [1.807, 2.05) is 19.9 Å². The highest BCUT2D eigenvalue weighted by molar-refractivity contribution is 7.92. The minimum absolute atomic E-state index is 0.551. The number of aliphatic imine (C=N–C) groups is 1. The van der Waals surface area contributed by atoms with Gasteiger partial charge in [0.05, 0.1) is 0 Å². The second-order valence-electron chi connectivity index (χ2n) is 5.31. The Morgan fingerprint density at radius 2 is 1.91 bits per heavy atom. The average Bonchev–Trinajstić information content (AvgIpc) is 2.89. The van der Waals surface area contributed by atoms with E-state index in [1.54, 1.807) is 19.1 Å². The lowest BCUT2D eigenvalue weighted by molar-refractivity contribution is -0.0453. The van der Waals surface area contributed by atoms with Crippen molar-refractivity contribution < 1.29 is 26.3 Å². The van der Waals surface area contributed by atoms with E-state index in [2.05, 4.69) is 4.99 Å². The smallest absolute Gasteiger partial charge is 0.476 e. The number of hydrogen-bond donors (Lipinski definition) is 0. The molecule has 1 aliphatic heterocycles. The van der Waals surface area contributed by atoms with Gasteiger partial charge in [-0.1, -0.05) is 25.1 Å². The maximum atomic E-state index is 12.8. The van der Waals surface area contributed by atoms with Crippen molar-refractivity contribution in [3.05, 3.63) is 34.9 Å². The third-order valence-electron chi connectivity index (χ3n) is 3.98. The summed E-state index contributed by atoms with van der Waals surface area (Å²) in [5.41, 5.74) is -2.74. The molecule has 0 bridgehead atoms. The number of rotatable bonds is 3. The number of ether oxygens (including phenoxy) is 1. The van der Waals surface area contributed by atoms with Gasteiger partial charge in [0.1, 0.15) is 6.10 Å². The maximum absolute atomic E-state index is 12.8. The number of sulfone groups is 1. The third kappa shape index (κ3) is 2.71. The van der Waals surface area contributed by atoms with Crippen LogP contribution in [0.3, 0.4) is 0 Å². The summed E-state index contributed by atoms with van der Waals surface area (Å²) in [7, 11) is -5.42. The van der Waals surface area contributed by atoms with Crippen LogP contribution in [-0.2, 0) is 14.6 Å². The Bertz CT molecular complexity index is 698. The molecule has 0 amide bonds. The molecule has 1 heterocycles. The second-order valence-corrected chi connectivity index (χ2v) is 7.35. The third-order valence-corrected chi connectivity index (χ3v) is 5.65. The van der Waals surface area contributed by atoms with Gasteiger partial charge in [-0.05, 0) is 30.5 Å². The van der Waals surface area contributed by atoms with Crippen molar-refractivity contribution in [1.82, 2.24) is 0 Å². The highest BCUT2D eigenvalue weighted by Crippen LogP contribution is 2.37. The molecule has 3 atom stereocenters. The monoisotopic (exact) mass is 335 g/mol. The summed E-state index contributed by atoms with van der Waals surface area (Å²) in [6.07, 6.45) is -0.410. The van der Waals surface area contributed by atoms with E-state index in [4.69, 9.17) is 4.74 Å². The molecule has 0 spiro atoms. The molecular weight excluding hydrogens is 319 g/mol. The summed E-state index contributed by atoms with van der Waals surface area (Å²) in [6, 6.07) is 5.41. The van der Waals surface area contributed by atoms with E-state index in [0.717, 1.165) is 23.1 Å². The Kier molecular flexibility index (Phi) is 4.25. The maximum Gasteiger partial charge on any atom is 0.499 e. The van der Waals surface area contributed by atoms with E-state index < -0.39 is 32.7 Å². The van der Waals surface area contributed by atoms with Crippen LogP contribution in [0.5, 0.6) is 0 Å². The van der Waals surface area contributed by atoms with Crippen LogP contribution in [-0.4, -0.2) is 31.8 Å². The predicted octanol–water partition coefficient (Wildman–Crippen LogP) is 3.09. The van der Waals surface area contributed by atoms with E-state index in [1.165, 1.54) is 0 Å². The zero-order valence-corrected chi connectivity index (χ0v) is 13.1. The predicted molar refractivity (Wildman–Crippen MR) is 76.5 cm³/mol. The van der Waals surface area contributed by atoms with Crippen LogP contribution in [0.25, 0.3) is 0 Å². The zero-order chi connectivity index (χ0) is 16.7. The van der Waals surface area contributed by atoms with Crippen molar-refractivity contribution in [3.63, 3.8) is 0 Å². The fraction of sp³-hybridized carbons (Fsp3) is 0.500. The van der Waals surface area contributed by atoms with Crippen molar-refractivity contribution in [2.45, 2.75) is 43.7 Å². The Morgan fingerprint density at radius 3 is 2.50 bits per heavy atom. The van der Waals surface area contributed by atoms with Crippen LogP contribution in [0.1, 0.15) is 29.5 Å². The van der Waals surface area contributed by atoms with Crippen LogP contribution in [0.2, 0.25) is 0 Å². The molecule has 3 unspecified atom stereocenters. The molecular formula is C14H16F3NO3S. The summed E-state index contributed by atoms with van der Waals surface area (Å²) in [5, 5.41) is -1.97. The SMILES string of the molecule is Cc1cccc(C(C)C2OC=NC2S(=O)(=O)C(F)(F)F)c1C. The normalized spacial score (nSPS) is 23.4. The number of nitrogens with zero attached hydrogens (tertiary/aromatic N) is 1. The Labute approximate surface area is 126 Å². The van der Waals surface area contributed by atoms with Gasteiger partial charge in [-0.2, -0.15) is 13.2 Å². The average molecular weight is 335 g/mol. The minimum Gasteiger partial charge on any atom is -0.476 e. The fourth-order valence-electron chi connectivity index (χ4n) is 2.52. The second kappa shape index (κ2) is 5.57. The van der Waals surface area contributed by atoms with Crippen molar-refractivity contribution in [1.29, 1.82) is 0 Å². The van der Waals surface area contributed by atoms with Gasteiger partial charge in [-0.25, -0.2) is 13.4 Å². The van der Waals surface area contributed by atoms with Gasteiger partial charge in [0.25, 0.3) is 9.84 Å². The van der Waals surface area contributed by atoms with Gasteiger partial charge >= 0.3 is 5.51 Å². The Morgan fingerprint density at radius 1 is 1.27 bits per heavy atom. The number of benzene rings is 1. The summed E-state index contributed by atoms with van der Waals surface area (Å²) < 4.78 is 66.6. The van der Waals surface area contributed by atoms with Crippen LogP contribution in [0, 0.1) is 13.8 Å². The Balaban J connectivity index is 2.39. The molecule has 1 aromatic carbocycles. The minimum atomic E-state index is -5.42. The molecule has 0 saturated heterocycles. The van der Waals surface area contributed by atoms with Crippen LogP contribution in [0.15, 0.2) is 23.2 Å². The number of hydrogen-bond acceptors (Lipinski definition) is 4. The van der Waals surface area contributed by atoms with E-state index in [9.17, 15) is 21.6 Å². The molecule has 0 aliphatic carbocycles. The number of alkyl halides is 3. The van der Waals surface area contributed by atoms with Crippen molar-refractivity contribution >= 4 is 16.2 Å². The molecule has 2 rings (SSSR count). The first-order valence-corrected chi connectivity index (χ1v) is 8.15. The lowest BCUT2D eigenvalue weighted by atomic mass is 9.89. The van der Waals surface area contributed by atoms with Gasteiger partial charge in [0, 0.05) is 5.92 Å². The van der Waals surface area contributed by atoms with Crippen LogP contribution >= 0.6 is 0 Å². The van der Waals surface area contributed by atoms with Crippen molar-refractivity contribution in [2.75, 3.05) is 0 Å². The van der Waals surface area contributed by atoms with Gasteiger partial charge in [0.15, 0.2) is 6.40 Å². The van der Waals surface area contributed by atoms with Gasteiger partial charge in [-0.3, -0.25) is 0 Å². The molecule has 22 heavy (non-hydrogen) atoms. The molecule has 122 valence electrons. The van der Waals surface area contributed by atoms with Crippen LogP contribution in [0.4, 0.5) is 13.2 Å². The van der Waals surface area contributed by atoms with E-state index in [-0.39, 0.29) is 0 Å². The quantitative estimate of drug-likeness (QED) is 0.853. The van der Waals surface area contributed by atoms with Crippen LogP contribution < -0.4 is 0 Å². The molecule has 1 aliphatic rings. The van der Waals surface area contributed by atoms with Gasteiger partial charge in [-0.15, -0.1) is 0 Å². The summed E-state index contributed by atoms with van der Waals surface area (Å²) in [6.45, 7) is 5.35. The molecule has 0 aromatic heterocycles. The first kappa shape index (κ1) is 16.8. The van der Waals surface area contributed by atoms with E-state index >= 15 is 0 Å². The summed E-state index contributed by atoms with van der Waals surface area (Å²) in [5.74, 6) is -0.551. The molecule has 0 saturated carbocycles. The lowest BCUT2D eigenvalue weighted by Crippen LogP contribution is -2.41. The highest BCUT2D eigenvalue weighted by Gasteiger charge is 2.56. The van der Waals surface area contributed by atoms with Crippen molar-refractivity contribution in [2.24, 2.45) is 4.99 Å². The fourth-order valence-corrected chi connectivity index (χ4v) is 3.66. The molecule has 4 nitrogen and oxygen atoms in total. The molecule has 1 aromatic rings. The number of aryl methyl sites for hydroxylation is 1. The molecule has 0 fully saturated rings. The van der Waals surface area contributed by atoms with Gasteiger partial charge in [0.2, 0.25) is 5.37 Å². The van der Waals surface area contributed by atoms with E-state index in [0.29, 0.717) is 0 Å². The molecule has 0 radical (unpaired) electrons. The summed E-state index contributed by atoms with van der Waals surface area (Å²) in [4.78, 5) is 3.40. The standard InChI is InChI=1S/C14H16F3NO3S/c1-8-5-4-6-11(9(8)2)10(3)12-13(18-7-21-12)22(19,20)14(15,16)17/h4-7,10,12-13H,1-3H3. The topological polar surface area (TPSA) is 55.7 Å². The largest absolute Gasteiger partial charge is 0.499 e. The molecule has 8 heteroatoms.